The Labute approximate surface area is 263 Å². The van der Waals surface area contributed by atoms with Crippen molar-refractivity contribution in [1.29, 1.82) is 0 Å². The molecular weight excluding hydrogens is 613 g/mol. The zero-order chi connectivity index (χ0) is 31.6. The van der Waals surface area contributed by atoms with E-state index in [9.17, 15) is 18.0 Å². The predicted octanol–water partition coefficient (Wildman–Crippen LogP) is 5.33. The molecule has 232 valence electrons. The second-order valence-electron chi connectivity index (χ2n) is 9.88. The molecule has 43 heavy (non-hydrogen) atoms. The fraction of sp³-hybridized carbons (Fsp3) is 0.355. The maximum Gasteiger partial charge on any atom is 0.244 e. The second kappa shape index (κ2) is 15.8. The fourth-order valence-corrected chi connectivity index (χ4v) is 5.86. The Balaban J connectivity index is 2.13. The highest BCUT2D eigenvalue weighted by Crippen LogP contribution is 2.34. The third-order valence-electron chi connectivity index (χ3n) is 6.82. The largest absolute Gasteiger partial charge is 0.497 e. The number of halogens is 2. The summed E-state index contributed by atoms with van der Waals surface area (Å²) in [5.41, 5.74) is 1.36. The highest BCUT2D eigenvalue weighted by Gasteiger charge is 2.34. The molecule has 0 aliphatic carbocycles. The molecule has 0 aliphatic heterocycles. The molecule has 3 aromatic carbocycles. The van der Waals surface area contributed by atoms with E-state index in [4.69, 9.17) is 32.7 Å². The van der Waals surface area contributed by atoms with Crippen LogP contribution in [-0.2, 0) is 32.6 Å². The Morgan fingerprint density at radius 1 is 0.953 bits per heavy atom. The predicted molar refractivity (Wildman–Crippen MR) is 171 cm³/mol. The topological polar surface area (TPSA) is 105 Å². The second-order valence-corrected chi connectivity index (χ2v) is 12.6. The van der Waals surface area contributed by atoms with Gasteiger partial charge >= 0.3 is 0 Å². The molecular formula is C31H37Cl2N3O6S. The summed E-state index contributed by atoms with van der Waals surface area (Å²) in [5.74, 6) is -0.428. The minimum atomic E-state index is -4.02. The average Bonchev–Trinajstić information content (AvgIpc) is 2.98. The Kier molecular flexibility index (Phi) is 12.5. The summed E-state index contributed by atoms with van der Waals surface area (Å²) in [6.45, 7) is 1.67. The standard InChI is InChI=1S/C31H37Cl2N3O6S/c1-5-6-17-34-31(38)28(18-22-11-8-7-9-12-22)35(20-24-25(32)13-10-14-26(24)33)30(37)21-36(43(4,39)40)27-19-23(41-2)15-16-29(27)42-3/h7-16,19,28H,5-6,17-18,20-21H2,1-4H3,(H,34,38)/t28-/m0/s1. The number of rotatable bonds is 15. The number of nitrogens with one attached hydrogen (secondary N) is 1. The number of unbranched alkanes of at least 4 members (excludes halogenated alkanes) is 1. The Hall–Kier alpha value is -3.47. The summed E-state index contributed by atoms with van der Waals surface area (Å²) in [4.78, 5) is 29.4. The lowest BCUT2D eigenvalue weighted by Crippen LogP contribution is -2.53. The first-order valence-electron chi connectivity index (χ1n) is 13.7. The van der Waals surface area contributed by atoms with E-state index >= 15 is 0 Å². The molecule has 2 amide bonds. The van der Waals surface area contributed by atoms with Crippen molar-refractivity contribution in [3.63, 3.8) is 0 Å². The lowest BCUT2D eigenvalue weighted by atomic mass is 10.0. The molecule has 3 aromatic rings. The third kappa shape index (κ3) is 9.26. The van der Waals surface area contributed by atoms with Gasteiger partial charge in [-0.15, -0.1) is 0 Å². The molecule has 0 aliphatic rings. The maximum absolute atomic E-state index is 14.3. The molecule has 0 spiro atoms. The van der Waals surface area contributed by atoms with Gasteiger partial charge < -0.3 is 19.7 Å². The van der Waals surface area contributed by atoms with Crippen LogP contribution in [0.1, 0.15) is 30.9 Å². The van der Waals surface area contributed by atoms with Crippen molar-refractivity contribution in [2.45, 2.75) is 38.8 Å². The highest BCUT2D eigenvalue weighted by atomic mass is 35.5. The van der Waals surface area contributed by atoms with E-state index in [1.54, 1.807) is 30.3 Å². The normalized spacial score (nSPS) is 11.9. The Morgan fingerprint density at radius 2 is 1.63 bits per heavy atom. The number of hydrogen-bond donors (Lipinski definition) is 1. The summed E-state index contributed by atoms with van der Waals surface area (Å²) in [7, 11) is -1.17. The molecule has 9 nitrogen and oxygen atoms in total. The van der Waals surface area contributed by atoms with Crippen LogP contribution in [0.3, 0.4) is 0 Å². The average molecular weight is 651 g/mol. The molecule has 0 saturated carbocycles. The van der Waals surface area contributed by atoms with Gasteiger partial charge in [0.05, 0.1) is 26.2 Å². The first-order valence-corrected chi connectivity index (χ1v) is 16.3. The van der Waals surface area contributed by atoms with E-state index in [2.05, 4.69) is 5.32 Å². The molecule has 0 aromatic heterocycles. The molecule has 1 atom stereocenters. The number of benzene rings is 3. The summed E-state index contributed by atoms with van der Waals surface area (Å²) in [5, 5.41) is 3.56. The van der Waals surface area contributed by atoms with Crippen LogP contribution < -0.4 is 19.1 Å². The van der Waals surface area contributed by atoms with E-state index in [-0.39, 0.29) is 30.3 Å². The molecule has 0 heterocycles. The molecule has 0 fully saturated rings. The van der Waals surface area contributed by atoms with Crippen LogP contribution in [0.5, 0.6) is 11.5 Å². The van der Waals surface area contributed by atoms with Gasteiger partial charge in [0.2, 0.25) is 21.8 Å². The lowest BCUT2D eigenvalue weighted by Gasteiger charge is -2.34. The molecule has 0 unspecified atom stereocenters. The van der Waals surface area contributed by atoms with Crippen LogP contribution in [0.4, 0.5) is 5.69 Å². The van der Waals surface area contributed by atoms with Gasteiger partial charge in [-0.1, -0.05) is 72.9 Å². The van der Waals surface area contributed by atoms with Crippen molar-refractivity contribution in [3.05, 3.63) is 87.9 Å². The summed E-state index contributed by atoms with van der Waals surface area (Å²) >= 11 is 13.0. The van der Waals surface area contributed by atoms with Gasteiger partial charge in [-0.2, -0.15) is 0 Å². The van der Waals surface area contributed by atoms with Crippen molar-refractivity contribution in [2.24, 2.45) is 0 Å². The van der Waals surface area contributed by atoms with Crippen LogP contribution in [0.25, 0.3) is 0 Å². The van der Waals surface area contributed by atoms with Crippen molar-refractivity contribution in [2.75, 3.05) is 37.9 Å². The van der Waals surface area contributed by atoms with Gasteiger partial charge in [-0.25, -0.2) is 8.42 Å². The molecule has 3 rings (SSSR count). The quantitative estimate of drug-likeness (QED) is 0.223. The smallest absolute Gasteiger partial charge is 0.244 e. The molecule has 0 saturated heterocycles. The summed E-state index contributed by atoms with van der Waals surface area (Å²) in [6, 6.07) is 17.9. The zero-order valence-corrected chi connectivity index (χ0v) is 27.0. The van der Waals surface area contributed by atoms with Crippen molar-refractivity contribution < 1.29 is 27.5 Å². The van der Waals surface area contributed by atoms with Gasteiger partial charge in [0, 0.05) is 41.2 Å². The number of sulfonamides is 1. The van der Waals surface area contributed by atoms with Gasteiger partial charge in [0.1, 0.15) is 24.1 Å². The minimum Gasteiger partial charge on any atom is -0.497 e. The molecule has 0 bridgehead atoms. The van der Waals surface area contributed by atoms with Crippen molar-refractivity contribution in [3.8, 4) is 11.5 Å². The number of carbonyl (C=O) groups excluding carboxylic acids is 2. The van der Waals surface area contributed by atoms with Crippen molar-refractivity contribution >= 4 is 50.7 Å². The van der Waals surface area contributed by atoms with Gasteiger partial charge in [-0.3, -0.25) is 13.9 Å². The van der Waals surface area contributed by atoms with E-state index in [1.807, 2.05) is 37.3 Å². The first-order chi connectivity index (χ1) is 20.5. The minimum absolute atomic E-state index is 0.112. The van der Waals surface area contributed by atoms with E-state index < -0.39 is 28.5 Å². The number of ether oxygens (including phenoxy) is 2. The SMILES string of the molecule is CCCCNC(=O)[C@H](Cc1ccccc1)N(Cc1c(Cl)cccc1Cl)C(=O)CN(c1cc(OC)ccc1OC)S(C)(=O)=O. The van der Waals surface area contributed by atoms with Gasteiger partial charge in [0.15, 0.2) is 0 Å². The monoisotopic (exact) mass is 649 g/mol. The number of hydrogen-bond acceptors (Lipinski definition) is 6. The molecule has 12 heteroatoms. The Morgan fingerprint density at radius 3 is 2.21 bits per heavy atom. The number of amides is 2. The van der Waals surface area contributed by atoms with Gasteiger partial charge in [-0.05, 0) is 36.2 Å². The first kappa shape index (κ1) is 34.0. The lowest BCUT2D eigenvalue weighted by molar-refractivity contribution is -0.140. The fourth-order valence-electron chi connectivity index (χ4n) is 4.50. The molecule has 1 N–H and O–H groups in total. The van der Waals surface area contributed by atoms with Crippen LogP contribution in [-0.4, -0.2) is 64.7 Å². The van der Waals surface area contributed by atoms with Gasteiger partial charge in [0.25, 0.3) is 0 Å². The maximum atomic E-state index is 14.3. The van der Waals surface area contributed by atoms with Crippen LogP contribution >= 0.6 is 23.2 Å². The van der Waals surface area contributed by atoms with E-state index in [0.29, 0.717) is 27.9 Å². The van der Waals surface area contributed by atoms with Crippen LogP contribution in [0.2, 0.25) is 10.0 Å². The third-order valence-corrected chi connectivity index (χ3v) is 8.66. The number of methoxy groups -OCH3 is 2. The van der Waals surface area contributed by atoms with E-state index in [1.165, 1.54) is 25.2 Å². The van der Waals surface area contributed by atoms with Crippen LogP contribution in [0.15, 0.2) is 66.7 Å². The molecule has 0 radical (unpaired) electrons. The van der Waals surface area contributed by atoms with E-state index in [0.717, 1.165) is 29.0 Å². The van der Waals surface area contributed by atoms with Crippen molar-refractivity contribution in [1.82, 2.24) is 10.2 Å². The van der Waals surface area contributed by atoms with Crippen LogP contribution in [0, 0.1) is 0 Å². The highest BCUT2D eigenvalue weighted by molar-refractivity contribution is 7.92. The Bertz CT molecular complexity index is 1480. The summed E-state index contributed by atoms with van der Waals surface area (Å²) in [6.07, 6.45) is 2.79. The zero-order valence-electron chi connectivity index (χ0n) is 24.7. The number of carbonyl (C=O) groups is 2. The number of anilines is 1. The number of nitrogens with zero attached hydrogens (tertiary/aromatic N) is 2. The summed E-state index contributed by atoms with van der Waals surface area (Å²) < 4.78 is 37.9.